The van der Waals surface area contributed by atoms with Gasteiger partial charge in [-0.15, -0.1) is 0 Å². The molecule has 0 amide bonds. The number of allylic oxidation sites excluding steroid dienone is 1. The average molecular weight is 413 g/mol. The SMILES string of the molecule is C.CC.CC12CCC(=O)C=C1C1CC1C1C2CCC2(C)C1C1CC1[C@@]21CCC(=O)O1. The van der Waals surface area contributed by atoms with Gasteiger partial charge in [-0.2, -0.15) is 0 Å². The topological polar surface area (TPSA) is 43.4 Å². The fraction of sp³-hybridized carbons (Fsp3) is 0.852. The maximum atomic E-state index is 12.2. The van der Waals surface area contributed by atoms with Crippen LogP contribution in [0.4, 0.5) is 0 Å². The van der Waals surface area contributed by atoms with Gasteiger partial charge in [0.25, 0.3) is 0 Å². The summed E-state index contributed by atoms with van der Waals surface area (Å²) in [5.41, 5.74) is 1.85. The number of fused-ring (bicyclic) bond motifs is 12. The molecule has 7 aliphatic rings. The molecule has 0 N–H and O–H groups in total. The largest absolute Gasteiger partial charge is 0.458 e. The molecule has 0 bridgehead atoms. The van der Waals surface area contributed by atoms with Crippen molar-refractivity contribution in [3.63, 3.8) is 0 Å². The van der Waals surface area contributed by atoms with Gasteiger partial charge in [0.1, 0.15) is 5.60 Å². The van der Waals surface area contributed by atoms with E-state index in [0.29, 0.717) is 24.0 Å². The molecule has 0 radical (unpaired) electrons. The molecule has 9 unspecified atom stereocenters. The summed E-state index contributed by atoms with van der Waals surface area (Å²) < 4.78 is 6.22. The first-order chi connectivity index (χ1) is 13.9. The van der Waals surface area contributed by atoms with Crippen molar-refractivity contribution in [1.29, 1.82) is 0 Å². The Morgan fingerprint density at radius 3 is 2.43 bits per heavy atom. The van der Waals surface area contributed by atoms with E-state index >= 15 is 0 Å². The summed E-state index contributed by atoms with van der Waals surface area (Å²) in [7, 11) is 0. The van der Waals surface area contributed by atoms with Gasteiger partial charge < -0.3 is 4.74 Å². The molecule has 1 aliphatic heterocycles. The Morgan fingerprint density at radius 1 is 0.967 bits per heavy atom. The zero-order valence-electron chi connectivity index (χ0n) is 18.5. The molecule has 1 spiro atoms. The Kier molecular flexibility index (Phi) is 4.31. The Morgan fingerprint density at radius 2 is 1.73 bits per heavy atom. The molecule has 3 nitrogen and oxygen atoms in total. The van der Waals surface area contributed by atoms with E-state index < -0.39 is 0 Å². The first kappa shape index (κ1) is 20.8. The first-order valence-corrected chi connectivity index (χ1v) is 12.4. The van der Waals surface area contributed by atoms with Gasteiger partial charge in [-0.25, -0.2) is 0 Å². The van der Waals surface area contributed by atoms with Crippen molar-refractivity contribution in [2.45, 2.75) is 92.1 Å². The van der Waals surface area contributed by atoms with Gasteiger partial charge in [-0.1, -0.05) is 40.7 Å². The highest BCUT2D eigenvalue weighted by Crippen LogP contribution is 2.82. The maximum absolute atomic E-state index is 12.2. The number of hydrogen-bond acceptors (Lipinski definition) is 3. The lowest BCUT2D eigenvalue weighted by Gasteiger charge is -2.60. The van der Waals surface area contributed by atoms with E-state index in [1.165, 1.54) is 31.3 Å². The van der Waals surface area contributed by atoms with Gasteiger partial charge in [-0.3, -0.25) is 9.59 Å². The predicted molar refractivity (Wildman–Crippen MR) is 118 cm³/mol. The molecule has 0 aromatic rings. The van der Waals surface area contributed by atoms with E-state index in [0.717, 1.165) is 48.9 Å². The van der Waals surface area contributed by atoms with Crippen LogP contribution in [0.5, 0.6) is 0 Å². The first-order valence-electron chi connectivity index (χ1n) is 12.4. The van der Waals surface area contributed by atoms with Gasteiger partial charge in [0.05, 0.1) is 0 Å². The number of hydrogen-bond donors (Lipinski definition) is 0. The van der Waals surface area contributed by atoms with Crippen molar-refractivity contribution in [1.82, 2.24) is 0 Å². The van der Waals surface area contributed by atoms with Gasteiger partial charge in [0, 0.05) is 24.2 Å². The highest BCUT2D eigenvalue weighted by atomic mass is 16.6. The van der Waals surface area contributed by atoms with Crippen molar-refractivity contribution in [2.24, 2.45) is 52.3 Å². The Bertz CT molecular complexity index is 828. The van der Waals surface area contributed by atoms with Crippen LogP contribution in [-0.4, -0.2) is 17.4 Å². The Balaban J connectivity index is 0.000000625. The molecule has 7 rings (SSSR count). The summed E-state index contributed by atoms with van der Waals surface area (Å²) in [6.45, 7) is 8.99. The highest BCUT2D eigenvalue weighted by molar-refractivity contribution is 5.92. The van der Waals surface area contributed by atoms with Crippen LogP contribution in [0.3, 0.4) is 0 Å². The minimum absolute atomic E-state index is 0. The second-order valence-corrected chi connectivity index (χ2v) is 11.5. The van der Waals surface area contributed by atoms with Crippen LogP contribution in [0.1, 0.15) is 86.5 Å². The predicted octanol–water partition coefficient (Wildman–Crippen LogP) is 5.97. The van der Waals surface area contributed by atoms with Crippen LogP contribution in [0.2, 0.25) is 0 Å². The lowest BCUT2D eigenvalue weighted by molar-refractivity contribution is -0.177. The number of esters is 1. The van der Waals surface area contributed by atoms with Crippen LogP contribution in [0.15, 0.2) is 11.6 Å². The maximum Gasteiger partial charge on any atom is 0.306 e. The molecule has 0 aromatic heterocycles. The highest BCUT2D eigenvalue weighted by Gasteiger charge is 2.81. The zero-order chi connectivity index (χ0) is 20.3. The fourth-order valence-corrected chi connectivity index (χ4v) is 9.74. The molecule has 1 heterocycles. The van der Waals surface area contributed by atoms with Gasteiger partial charge in [0.2, 0.25) is 0 Å². The lowest BCUT2D eigenvalue weighted by Crippen LogP contribution is -2.57. The average Bonchev–Trinajstić information content (AvgIpc) is 3.61. The van der Waals surface area contributed by atoms with E-state index in [4.69, 9.17) is 4.74 Å². The van der Waals surface area contributed by atoms with Crippen LogP contribution < -0.4 is 0 Å². The van der Waals surface area contributed by atoms with Crippen LogP contribution in [0, 0.1) is 52.3 Å². The molecule has 10 atom stereocenters. The molecule has 5 saturated carbocycles. The molecule has 6 aliphatic carbocycles. The van der Waals surface area contributed by atoms with Crippen molar-refractivity contribution >= 4 is 11.8 Å². The third kappa shape index (κ3) is 2.18. The minimum atomic E-state index is -0.131. The van der Waals surface area contributed by atoms with Gasteiger partial charge in [-0.05, 0) is 85.5 Å². The smallest absolute Gasteiger partial charge is 0.306 e. The summed E-state index contributed by atoms with van der Waals surface area (Å²) in [4.78, 5) is 24.3. The normalized spacial score (nSPS) is 56.0. The Hall–Kier alpha value is -1.12. The van der Waals surface area contributed by atoms with E-state index in [1.807, 2.05) is 13.8 Å². The van der Waals surface area contributed by atoms with E-state index in [1.54, 1.807) is 0 Å². The van der Waals surface area contributed by atoms with Crippen molar-refractivity contribution in [3.05, 3.63) is 11.6 Å². The van der Waals surface area contributed by atoms with Crippen LogP contribution in [0.25, 0.3) is 0 Å². The summed E-state index contributed by atoms with van der Waals surface area (Å²) in [6, 6.07) is 0. The molecular formula is C27H40O3. The van der Waals surface area contributed by atoms with E-state index in [-0.39, 0.29) is 29.8 Å². The monoisotopic (exact) mass is 412 g/mol. The zero-order valence-corrected chi connectivity index (χ0v) is 18.5. The number of carbonyl (C=O) groups excluding carboxylic acids is 2. The molecule has 30 heavy (non-hydrogen) atoms. The summed E-state index contributed by atoms with van der Waals surface area (Å²) in [6.07, 6.45) is 10.6. The van der Waals surface area contributed by atoms with Gasteiger partial charge in [0.15, 0.2) is 5.78 Å². The molecule has 166 valence electrons. The summed E-state index contributed by atoms with van der Waals surface area (Å²) in [5.74, 6) is 5.65. The van der Waals surface area contributed by atoms with Gasteiger partial charge >= 0.3 is 5.97 Å². The number of rotatable bonds is 0. The summed E-state index contributed by atoms with van der Waals surface area (Å²) in [5, 5.41) is 0. The lowest BCUT2D eigenvalue weighted by atomic mass is 9.45. The number of carbonyl (C=O) groups is 2. The van der Waals surface area contributed by atoms with Crippen LogP contribution in [-0.2, 0) is 14.3 Å². The molecule has 0 aromatic carbocycles. The van der Waals surface area contributed by atoms with Crippen molar-refractivity contribution in [3.8, 4) is 0 Å². The van der Waals surface area contributed by atoms with Crippen molar-refractivity contribution in [2.75, 3.05) is 0 Å². The molecule has 6 fully saturated rings. The molecule has 3 heteroatoms. The second-order valence-electron chi connectivity index (χ2n) is 11.5. The van der Waals surface area contributed by atoms with E-state index in [2.05, 4.69) is 19.9 Å². The fourth-order valence-electron chi connectivity index (χ4n) is 9.74. The molecule has 1 saturated heterocycles. The third-order valence-electron chi connectivity index (χ3n) is 10.9. The number of ketones is 1. The summed E-state index contributed by atoms with van der Waals surface area (Å²) >= 11 is 0. The van der Waals surface area contributed by atoms with Crippen molar-refractivity contribution < 1.29 is 14.3 Å². The standard InChI is InChI=1S/C24H30O3.C2H6.CH4/c1-22-6-3-12(25)9-17(22)13-10-14(13)20-16(22)4-7-23(2)21(20)15-11-18(15)24(23)8-5-19(26)27-24;1-2;/h9,13-16,18,20-21H,3-8,10-11H2,1-2H3;1-2H3;1H4/t13?,14?,15?,16?,18?,20?,21?,22?,23?,24-;;/m0../s1. The second kappa shape index (κ2) is 6.23. The quantitative estimate of drug-likeness (QED) is 0.461. The molecular weight excluding hydrogens is 372 g/mol. The Labute approximate surface area is 182 Å². The van der Waals surface area contributed by atoms with Crippen LogP contribution >= 0.6 is 0 Å². The third-order valence-corrected chi connectivity index (χ3v) is 10.9. The number of ether oxygens (including phenoxy) is 1. The van der Waals surface area contributed by atoms with E-state index in [9.17, 15) is 9.59 Å². The minimum Gasteiger partial charge on any atom is -0.458 e.